The molecule has 1 aromatic rings. The van der Waals surface area contributed by atoms with E-state index in [0.29, 0.717) is 13.2 Å². The topological polar surface area (TPSA) is 21.3 Å². The normalized spacial score (nSPS) is 10.1. The molecule has 0 amide bonds. The zero-order valence-electron chi connectivity index (χ0n) is 9.14. The van der Waals surface area contributed by atoms with Crippen molar-refractivity contribution in [3.05, 3.63) is 40.9 Å². The van der Waals surface area contributed by atoms with Crippen molar-refractivity contribution in [2.45, 2.75) is 13.5 Å². The van der Waals surface area contributed by atoms with Gasteiger partial charge in [0.15, 0.2) is 0 Å². The lowest BCUT2D eigenvalue weighted by Crippen LogP contribution is -2.08. The molecular weight excluding hydrogens is 210 g/mol. The summed E-state index contributed by atoms with van der Waals surface area (Å²) in [5, 5.41) is 3.79. The van der Waals surface area contributed by atoms with Crippen LogP contribution < -0.4 is 10.1 Å². The Balaban J connectivity index is 2.85. The minimum absolute atomic E-state index is 0.525. The van der Waals surface area contributed by atoms with Crippen LogP contribution in [0.5, 0.6) is 5.75 Å². The van der Waals surface area contributed by atoms with Crippen LogP contribution in [0.1, 0.15) is 12.5 Å². The van der Waals surface area contributed by atoms with Gasteiger partial charge in [-0.1, -0.05) is 24.2 Å². The predicted octanol–water partition coefficient (Wildman–Crippen LogP) is 3.01. The lowest BCUT2D eigenvalue weighted by Gasteiger charge is -2.12. The molecule has 0 spiro atoms. The molecule has 0 saturated heterocycles. The van der Waals surface area contributed by atoms with Crippen LogP contribution in [0.25, 0.3) is 0 Å². The summed E-state index contributed by atoms with van der Waals surface area (Å²) in [4.78, 5) is 0. The number of nitrogens with one attached hydrogen (secondary N) is 1. The molecule has 0 saturated carbocycles. The highest BCUT2D eigenvalue weighted by atomic mass is 35.5. The van der Waals surface area contributed by atoms with Gasteiger partial charge in [0.25, 0.3) is 0 Å². The van der Waals surface area contributed by atoms with Gasteiger partial charge in [0.1, 0.15) is 12.4 Å². The first-order valence-electron chi connectivity index (χ1n) is 4.84. The van der Waals surface area contributed by atoms with Crippen LogP contribution in [0.3, 0.4) is 0 Å². The van der Waals surface area contributed by atoms with Crippen LogP contribution >= 0.6 is 11.6 Å². The summed E-state index contributed by atoms with van der Waals surface area (Å²) in [7, 11) is 1.88. The number of ether oxygens (including phenoxy) is 1. The van der Waals surface area contributed by atoms with E-state index < -0.39 is 0 Å². The van der Waals surface area contributed by atoms with Crippen LogP contribution in [0, 0.1) is 0 Å². The Bertz CT molecular complexity index is 349. The van der Waals surface area contributed by atoms with Crippen molar-refractivity contribution in [3.63, 3.8) is 0 Å². The number of hydrogen-bond acceptors (Lipinski definition) is 2. The average molecular weight is 226 g/mol. The summed E-state index contributed by atoms with van der Waals surface area (Å²) in [5.74, 6) is 0.819. The van der Waals surface area contributed by atoms with Crippen molar-refractivity contribution < 1.29 is 4.74 Å². The molecule has 0 unspecified atom stereocenters. The van der Waals surface area contributed by atoms with Crippen LogP contribution in [0.4, 0.5) is 0 Å². The molecule has 3 heteroatoms. The highest BCUT2D eigenvalue weighted by Gasteiger charge is 2.06. The van der Waals surface area contributed by atoms with E-state index in [9.17, 15) is 0 Å². The molecule has 82 valence electrons. The molecule has 0 bridgehead atoms. The fourth-order valence-electron chi connectivity index (χ4n) is 1.22. The van der Waals surface area contributed by atoms with E-state index >= 15 is 0 Å². The van der Waals surface area contributed by atoms with Crippen LogP contribution in [0.15, 0.2) is 30.4 Å². The fourth-order valence-corrected chi connectivity index (χ4v) is 1.46. The van der Waals surface area contributed by atoms with Gasteiger partial charge in [-0.2, -0.15) is 0 Å². The SMILES string of the molecule is C=C(C)COc1cccc(Cl)c1CNC. The molecule has 0 aliphatic rings. The van der Waals surface area contributed by atoms with E-state index in [4.69, 9.17) is 16.3 Å². The van der Waals surface area contributed by atoms with E-state index in [-0.39, 0.29) is 0 Å². The van der Waals surface area contributed by atoms with Gasteiger partial charge in [0.2, 0.25) is 0 Å². The summed E-state index contributed by atoms with van der Waals surface area (Å²) in [6.45, 7) is 6.95. The second kappa shape index (κ2) is 5.79. The van der Waals surface area contributed by atoms with Crippen LogP contribution in [-0.2, 0) is 6.54 Å². The van der Waals surface area contributed by atoms with Gasteiger partial charge < -0.3 is 10.1 Å². The summed E-state index contributed by atoms with van der Waals surface area (Å²) in [6, 6.07) is 5.67. The zero-order chi connectivity index (χ0) is 11.3. The van der Waals surface area contributed by atoms with Gasteiger partial charge in [-0.05, 0) is 31.7 Å². The highest BCUT2D eigenvalue weighted by molar-refractivity contribution is 6.31. The average Bonchev–Trinajstić information content (AvgIpc) is 2.19. The van der Waals surface area contributed by atoms with Crippen molar-refractivity contribution in [2.75, 3.05) is 13.7 Å². The predicted molar refractivity (Wildman–Crippen MR) is 64.5 cm³/mol. The zero-order valence-corrected chi connectivity index (χ0v) is 9.90. The van der Waals surface area contributed by atoms with Gasteiger partial charge in [-0.15, -0.1) is 0 Å². The van der Waals surface area contributed by atoms with Crippen LogP contribution in [-0.4, -0.2) is 13.7 Å². The second-order valence-corrected chi connectivity index (χ2v) is 3.90. The maximum absolute atomic E-state index is 6.08. The van der Waals surface area contributed by atoms with Gasteiger partial charge >= 0.3 is 0 Å². The quantitative estimate of drug-likeness (QED) is 0.778. The standard InChI is InChI=1S/C12H16ClNO/c1-9(2)8-15-12-6-4-5-11(13)10(12)7-14-3/h4-6,14H,1,7-8H2,2-3H3. The Hall–Kier alpha value is -0.990. The van der Waals surface area contributed by atoms with Crippen molar-refractivity contribution >= 4 is 11.6 Å². The molecule has 0 aromatic heterocycles. The van der Waals surface area contributed by atoms with Gasteiger partial charge in [0.05, 0.1) is 0 Å². The summed E-state index contributed by atoms with van der Waals surface area (Å²) in [5.41, 5.74) is 1.98. The number of rotatable bonds is 5. The summed E-state index contributed by atoms with van der Waals surface area (Å²) in [6.07, 6.45) is 0. The lowest BCUT2D eigenvalue weighted by atomic mass is 10.2. The Labute approximate surface area is 95.9 Å². The third-order valence-corrected chi connectivity index (χ3v) is 2.26. The molecule has 0 heterocycles. The van der Waals surface area contributed by atoms with E-state index in [0.717, 1.165) is 21.9 Å². The van der Waals surface area contributed by atoms with Gasteiger partial charge in [-0.3, -0.25) is 0 Å². The molecule has 0 aliphatic heterocycles. The Morgan fingerprint density at radius 2 is 2.27 bits per heavy atom. The number of halogens is 1. The van der Waals surface area contributed by atoms with Crippen molar-refractivity contribution in [1.29, 1.82) is 0 Å². The highest BCUT2D eigenvalue weighted by Crippen LogP contribution is 2.26. The molecule has 1 rings (SSSR count). The van der Waals surface area contributed by atoms with Crippen molar-refractivity contribution in [3.8, 4) is 5.75 Å². The molecule has 2 nitrogen and oxygen atoms in total. The molecule has 0 fully saturated rings. The third-order valence-electron chi connectivity index (χ3n) is 1.90. The molecular formula is C12H16ClNO. The molecule has 0 atom stereocenters. The molecule has 15 heavy (non-hydrogen) atoms. The first-order chi connectivity index (χ1) is 7.15. The van der Waals surface area contributed by atoms with Gasteiger partial charge in [-0.25, -0.2) is 0 Å². The molecule has 1 aromatic carbocycles. The van der Waals surface area contributed by atoms with Crippen LogP contribution in [0.2, 0.25) is 5.02 Å². The van der Waals surface area contributed by atoms with E-state index in [1.807, 2.05) is 32.2 Å². The maximum atomic E-state index is 6.08. The van der Waals surface area contributed by atoms with E-state index in [2.05, 4.69) is 11.9 Å². The lowest BCUT2D eigenvalue weighted by molar-refractivity contribution is 0.348. The third kappa shape index (κ3) is 3.57. The van der Waals surface area contributed by atoms with Crippen molar-refractivity contribution in [1.82, 2.24) is 5.32 Å². The Morgan fingerprint density at radius 3 is 2.87 bits per heavy atom. The smallest absolute Gasteiger partial charge is 0.125 e. The minimum Gasteiger partial charge on any atom is -0.489 e. The number of hydrogen-bond donors (Lipinski definition) is 1. The van der Waals surface area contributed by atoms with E-state index in [1.54, 1.807) is 0 Å². The van der Waals surface area contributed by atoms with Crippen molar-refractivity contribution in [2.24, 2.45) is 0 Å². The van der Waals surface area contributed by atoms with E-state index in [1.165, 1.54) is 0 Å². The first-order valence-corrected chi connectivity index (χ1v) is 5.22. The molecule has 0 radical (unpaired) electrons. The summed E-state index contributed by atoms with van der Waals surface area (Å²) >= 11 is 6.08. The molecule has 0 aliphatic carbocycles. The number of benzene rings is 1. The first kappa shape index (κ1) is 12.1. The Kier molecular flexibility index (Phi) is 4.66. The fraction of sp³-hybridized carbons (Fsp3) is 0.333. The summed E-state index contributed by atoms with van der Waals surface area (Å²) < 4.78 is 5.61. The second-order valence-electron chi connectivity index (χ2n) is 3.49. The Morgan fingerprint density at radius 1 is 1.53 bits per heavy atom. The largest absolute Gasteiger partial charge is 0.489 e. The molecule has 1 N–H and O–H groups in total. The maximum Gasteiger partial charge on any atom is 0.125 e. The van der Waals surface area contributed by atoms with Gasteiger partial charge in [0, 0.05) is 17.1 Å². The monoisotopic (exact) mass is 225 g/mol. The minimum atomic E-state index is 0.525.